The minimum absolute atomic E-state index is 0.0940. The van der Waals surface area contributed by atoms with Crippen molar-refractivity contribution in [1.82, 2.24) is 25.1 Å². The summed E-state index contributed by atoms with van der Waals surface area (Å²) in [5.74, 6) is 0.978. The second-order valence-corrected chi connectivity index (χ2v) is 5.41. The summed E-state index contributed by atoms with van der Waals surface area (Å²) in [6.45, 7) is -2.06. The number of nitrogens with zero attached hydrogens (tertiary/aromatic N) is 3. The summed E-state index contributed by atoms with van der Waals surface area (Å²) in [7, 11) is 3.77. The van der Waals surface area contributed by atoms with Gasteiger partial charge in [0.25, 0.3) is 0 Å². The van der Waals surface area contributed by atoms with E-state index in [1.807, 2.05) is 25.1 Å². The van der Waals surface area contributed by atoms with E-state index in [2.05, 4.69) is 15.6 Å². The van der Waals surface area contributed by atoms with Crippen molar-refractivity contribution in [3.05, 3.63) is 42.4 Å². The molecule has 0 aromatic carbocycles. The highest BCUT2D eigenvalue weighted by atomic mass is 19.3. The van der Waals surface area contributed by atoms with Crippen LogP contribution in [0.15, 0.2) is 35.2 Å². The second-order valence-electron chi connectivity index (χ2n) is 5.41. The Hall–Kier alpha value is -2.42. The van der Waals surface area contributed by atoms with Crippen LogP contribution in [0, 0.1) is 0 Å². The van der Waals surface area contributed by atoms with Crippen molar-refractivity contribution < 1.29 is 18.0 Å². The zero-order valence-corrected chi connectivity index (χ0v) is 13.6. The molecule has 2 N–H and O–H groups in total. The molecule has 2 heterocycles. The normalized spacial score (nSPS) is 12.6. The third-order valence-corrected chi connectivity index (χ3v) is 3.54. The number of halogens is 2. The molecule has 0 spiro atoms. The fraction of sp³-hybridized carbons (Fsp3) is 0.467. The van der Waals surface area contributed by atoms with Crippen LogP contribution in [0.1, 0.15) is 24.2 Å². The van der Waals surface area contributed by atoms with Crippen LogP contribution >= 0.6 is 0 Å². The first-order chi connectivity index (χ1) is 11.5. The van der Waals surface area contributed by atoms with Gasteiger partial charge in [-0.3, -0.25) is 9.47 Å². The molecule has 0 fully saturated rings. The molecule has 0 bridgehead atoms. The minimum Gasteiger partial charge on any atom is -0.468 e. The lowest BCUT2D eigenvalue weighted by Crippen LogP contribution is -2.41. The van der Waals surface area contributed by atoms with Gasteiger partial charge in [0, 0.05) is 31.9 Å². The summed E-state index contributed by atoms with van der Waals surface area (Å²) in [6, 6.07) is 3.16. The maximum Gasteiger partial charge on any atom is 0.319 e. The van der Waals surface area contributed by atoms with Crippen LogP contribution in [0.5, 0.6) is 0 Å². The molecule has 0 aliphatic rings. The highest BCUT2D eigenvalue weighted by molar-refractivity contribution is 5.73. The molecule has 2 aromatic rings. The van der Waals surface area contributed by atoms with Gasteiger partial charge in [0.1, 0.15) is 11.6 Å². The summed E-state index contributed by atoms with van der Waals surface area (Å²) in [5, 5.41) is 5.37. The fourth-order valence-corrected chi connectivity index (χ4v) is 2.27. The highest BCUT2D eigenvalue weighted by Gasteiger charge is 2.17. The van der Waals surface area contributed by atoms with Crippen molar-refractivity contribution in [3.63, 3.8) is 0 Å². The van der Waals surface area contributed by atoms with E-state index in [4.69, 9.17) is 4.42 Å². The third-order valence-electron chi connectivity index (χ3n) is 3.54. The number of carbonyl (C=O) groups excluding carboxylic acids is 1. The third kappa shape index (κ3) is 4.79. The van der Waals surface area contributed by atoms with E-state index in [0.717, 1.165) is 10.3 Å². The largest absolute Gasteiger partial charge is 0.468 e. The predicted molar refractivity (Wildman–Crippen MR) is 83.7 cm³/mol. The summed E-state index contributed by atoms with van der Waals surface area (Å²) in [4.78, 5) is 17.6. The second kappa shape index (κ2) is 8.44. The van der Waals surface area contributed by atoms with Crippen LogP contribution in [-0.4, -0.2) is 47.7 Å². The van der Waals surface area contributed by atoms with Crippen molar-refractivity contribution in [2.45, 2.75) is 19.0 Å². The van der Waals surface area contributed by atoms with Gasteiger partial charge < -0.3 is 15.1 Å². The highest BCUT2D eigenvalue weighted by Crippen LogP contribution is 2.17. The molecule has 1 unspecified atom stereocenters. The average molecular weight is 341 g/mol. The van der Waals surface area contributed by atoms with Crippen molar-refractivity contribution >= 4 is 6.03 Å². The molecule has 7 nitrogen and oxygen atoms in total. The number of alkyl halides is 2. The van der Waals surface area contributed by atoms with Gasteiger partial charge in [-0.1, -0.05) is 0 Å². The van der Waals surface area contributed by atoms with Crippen molar-refractivity contribution in [1.29, 1.82) is 0 Å². The number of hydrogen-bond donors (Lipinski definition) is 2. The summed E-state index contributed by atoms with van der Waals surface area (Å²) in [5.41, 5.74) is 0. The van der Waals surface area contributed by atoms with E-state index < -0.39 is 6.55 Å². The molecule has 2 amide bonds. The number of imidazole rings is 1. The van der Waals surface area contributed by atoms with Crippen molar-refractivity contribution in [2.24, 2.45) is 0 Å². The molecule has 2 aromatic heterocycles. The Morgan fingerprint density at radius 1 is 1.42 bits per heavy atom. The number of hydrogen-bond acceptors (Lipinski definition) is 4. The van der Waals surface area contributed by atoms with Gasteiger partial charge in [0.2, 0.25) is 0 Å². The number of aromatic nitrogens is 2. The van der Waals surface area contributed by atoms with E-state index in [-0.39, 0.29) is 30.9 Å². The van der Waals surface area contributed by atoms with Gasteiger partial charge in [-0.05, 0) is 26.2 Å². The molecule has 24 heavy (non-hydrogen) atoms. The number of furan rings is 1. The standard InChI is InChI=1S/C15H21F2N5O2/c1-21(2)11(12-4-3-9-24-12)10-20-15(23)19-6-5-13-18-7-8-22(13)14(16)17/h3-4,7-9,11,14H,5-6,10H2,1-2H3,(H2,19,20,23). The number of likely N-dealkylation sites (N-methyl/N-ethyl adjacent to an activating group) is 1. The number of amides is 2. The van der Waals surface area contributed by atoms with Crippen LogP contribution < -0.4 is 10.6 Å². The minimum atomic E-state index is -2.63. The number of rotatable bonds is 8. The Morgan fingerprint density at radius 2 is 2.21 bits per heavy atom. The molecule has 0 aliphatic carbocycles. The van der Waals surface area contributed by atoms with Crippen molar-refractivity contribution in [2.75, 3.05) is 27.2 Å². The molecule has 2 rings (SSSR count). The van der Waals surface area contributed by atoms with Crippen LogP contribution in [0.4, 0.5) is 13.6 Å². The quantitative estimate of drug-likeness (QED) is 0.770. The molecule has 132 valence electrons. The topological polar surface area (TPSA) is 75.3 Å². The van der Waals surface area contributed by atoms with Crippen LogP contribution in [0.25, 0.3) is 0 Å². The first kappa shape index (κ1) is 17.9. The van der Waals surface area contributed by atoms with Crippen LogP contribution in [-0.2, 0) is 6.42 Å². The average Bonchev–Trinajstić information content (AvgIpc) is 3.18. The summed E-state index contributed by atoms with van der Waals surface area (Å²) in [6.07, 6.45) is 4.33. The van der Waals surface area contributed by atoms with E-state index in [9.17, 15) is 13.6 Å². The Balaban J connectivity index is 1.76. The summed E-state index contributed by atoms with van der Waals surface area (Å²) >= 11 is 0. The van der Waals surface area contributed by atoms with Gasteiger partial charge in [0.05, 0.1) is 12.3 Å². The lowest BCUT2D eigenvalue weighted by atomic mass is 10.2. The summed E-state index contributed by atoms with van der Waals surface area (Å²) < 4.78 is 31.5. The Bertz CT molecular complexity index is 628. The molecule has 0 saturated heterocycles. The van der Waals surface area contributed by atoms with E-state index in [0.29, 0.717) is 6.54 Å². The Kier molecular flexibility index (Phi) is 6.30. The lowest BCUT2D eigenvalue weighted by molar-refractivity contribution is 0.0670. The van der Waals surface area contributed by atoms with Crippen LogP contribution in [0.2, 0.25) is 0 Å². The van der Waals surface area contributed by atoms with E-state index in [1.54, 1.807) is 12.3 Å². The molecular formula is C15H21F2N5O2. The molecule has 0 radical (unpaired) electrons. The zero-order valence-electron chi connectivity index (χ0n) is 13.6. The fourth-order valence-electron chi connectivity index (χ4n) is 2.27. The zero-order chi connectivity index (χ0) is 17.5. The van der Waals surface area contributed by atoms with Crippen molar-refractivity contribution in [3.8, 4) is 0 Å². The maximum atomic E-state index is 12.7. The maximum absolute atomic E-state index is 12.7. The Morgan fingerprint density at radius 3 is 2.83 bits per heavy atom. The van der Waals surface area contributed by atoms with Gasteiger partial charge in [-0.25, -0.2) is 9.78 Å². The molecule has 9 heteroatoms. The van der Waals surface area contributed by atoms with Gasteiger partial charge in [0.15, 0.2) is 0 Å². The SMILES string of the molecule is CN(C)C(CNC(=O)NCCc1nccn1C(F)F)c1ccco1. The first-order valence-corrected chi connectivity index (χ1v) is 7.50. The van der Waals surface area contributed by atoms with Gasteiger partial charge >= 0.3 is 12.6 Å². The molecule has 0 saturated carbocycles. The lowest BCUT2D eigenvalue weighted by Gasteiger charge is -2.22. The number of nitrogens with one attached hydrogen (secondary N) is 2. The monoisotopic (exact) mass is 341 g/mol. The first-order valence-electron chi connectivity index (χ1n) is 7.50. The van der Waals surface area contributed by atoms with Crippen LogP contribution in [0.3, 0.4) is 0 Å². The predicted octanol–water partition coefficient (Wildman–Crippen LogP) is 2.02. The Labute approximate surface area is 138 Å². The number of urea groups is 1. The van der Waals surface area contributed by atoms with Gasteiger partial charge in [-0.2, -0.15) is 8.78 Å². The molecular weight excluding hydrogens is 320 g/mol. The smallest absolute Gasteiger partial charge is 0.319 e. The molecule has 1 atom stereocenters. The molecule has 0 aliphatic heterocycles. The van der Waals surface area contributed by atoms with E-state index >= 15 is 0 Å². The number of carbonyl (C=O) groups is 1. The van der Waals surface area contributed by atoms with Gasteiger partial charge in [-0.15, -0.1) is 0 Å². The van der Waals surface area contributed by atoms with E-state index in [1.165, 1.54) is 12.4 Å².